The summed E-state index contributed by atoms with van der Waals surface area (Å²) in [6.07, 6.45) is 2.04. The van der Waals surface area contributed by atoms with Gasteiger partial charge >= 0.3 is 0 Å². The van der Waals surface area contributed by atoms with Crippen molar-refractivity contribution >= 4 is 27.4 Å². The third-order valence-corrected chi connectivity index (χ3v) is 6.41. The van der Waals surface area contributed by atoms with Crippen LogP contribution >= 0.6 is 0 Å². The van der Waals surface area contributed by atoms with Crippen LogP contribution in [-0.4, -0.2) is 47.8 Å². The second-order valence-corrected chi connectivity index (χ2v) is 8.89. The second-order valence-electron chi connectivity index (χ2n) is 6.91. The molecule has 0 fully saturated rings. The van der Waals surface area contributed by atoms with Crippen LogP contribution in [0.2, 0.25) is 0 Å². The lowest BCUT2D eigenvalue weighted by Crippen LogP contribution is -2.35. The summed E-state index contributed by atoms with van der Waals surface area (Å²) in [5.74, 6) is -1.07. The molecular weight excluding hydrogens is 373 g/mol. The van der Waals surface area contributed by atoms with E-state index in [1.54, 1.807) is 6.07 Å². The molecule has 4 rings (SSSR count). The van der Waals surface area contributed by atoms with E-state index in [0.29, 0.717) is 42.8 Å². The summed E-state index contributed by atoms with van der Waals surface area (Å²) < 4.78 is 39.7. The third kappa shape index (κ3) is 3.08. The molecule has 3 heterocycles. The lowest BCUT2D eigenvalue weighted by atomic mass is 9.90. The van der Waals surface area contributed by atoms with Crippen LogP contribution in [0.3, 0.4) is 0 Å². The molecule has 2 aromatic rings. The van der Waals surface area contributed by atoms with Gasteiger partial charge in [0, 0.05) is 24.3 Å². The number of sulfonamides is 1. The highest BCUT2D eigenvalue weighted by Gasteiger charge is 2.33. The van der Waals surface area contributed by atoms with Crippen molar-refractivity contribution < 1.29 is 17.6 Å². The van der Waals surface area contributed by atoms with Crippen molar-refractivity contribution in [3.8, 4) is 0 Å². The highest BCUT2D eigenvalue weighted by atomic mass is 32.2. The second kappa shape index (κ2) is 6.31. The summed E-state index contributed by atoms with van der Waals surface area (Å²) >= 11 is 0. The maximum absolute atomic E-state index is 13.7. The zero-order valence-electron chi connectivity index (χ0n) is 14.8. The van der Waals surface area contributed by atoms with Crippen LogP contribution in [0, 0.1) is 5.82 Å². The van der Waals surface area contributed by atoms with E-state index in [-0.39, 0.29) is 18.3 Å². The molecule has 0 saturated carbocycles. The van der Waals surface area contributed by atoms with Gasteiger partial charge in [0.15, 0.2) is 0 Å². The minimum absolute atomic E-state index is 0.0933. The van der Waals surface area contributed by atoms with E-state index in [1.165, 1.54) is 16.4 Å². The van der Waals surface area contributed by atoms with E-state index in [2.05, 4.69) is 10.4 Å². The number of fused-ring (bicyclic) bond motifs is 2. The summed E-state index contributed by atoms with van der Waals surface area (Å²) in [6.45, 7) is 0.977. The summed E-state index contributed by atoms with van der Waals surface area (Å²) in [6, 6.07) is 4.32. The van der Waals surface area contributed by atoms with Gasteiger partial charge in [-0.25, -0.2) is 12.8 Å². The fourth-order valence-electron chi connectivity index (χ4n) is 3.74. The average molecular weight is 393 g/mol. The number of rotatable bonds is 2. The summed E-state index contributed by atoms with van der Waals surface area (Å²) in [7, 11) is -3.35. The van der Waals surface area contributed by atoms with E-state index in [0.717, 1.165) is 16.6 Å². The molecule has 1 aromatic heterocycles. The molecule has 8 nitrogen and oxygen atoms in total. The number of nitrogens with two attached hydrogens (primary N) is 1. The molecule has 0 radical (unpaired) electrons. The SMILES string of the molecule is CS(=O)(=O)N1CCc2c(nn(C(=O)C3CCNc4ccc(F)cc43)c2N)C1. The highest BCUT2D eigenvalue weighted by molar-refractivity contribution is 7.88. The fraction of sp³-hybridized carbons (Fsp3) is 0.412. The number of nitrogens with zero attached hydrogens (tertiary/aromatic N) is 3. The van der Waals surface area contributed by atoms with E-state index in [4.69, 9.17) is 5.73 Å². The van der Waals surface area contributed by atoms with E-state index < -0.39 is 21.8 Å². The van der Waals surface area contributed by atoms with Crippen LogP contribution in [0.15, 0.2) is 18.2 Å². The van der Waals surface area contributed by atoms with E-state index in [1.807, 2.05) is 0 Å². The number of carbonyl (C=O) groups excluding carboxylic acids is 1. The topological polar surface area (TPSA) is 110 Å². The lowest BCUT2D eigenvalue weighted by Gasteiger charge is -2.25. The zero-order chi connectivity index (χ0) is 19.3. The smallest absolute Gasteiger partial charge is 0.256 e. The van der Waals surface area contributed by atoms with Gasteiger partial charge < -0.3 is 11.1 Å². The number of hydrogen-bond donors (Lipinski definition) is 2. The molecule has 0 bridgehead atoms. The molecule has 144 valence electrons. The molecule has 2 aliphatic rings. The van der Waals surface area contributed by atoms with Gasteiger partial charge in [-0.1, -0.05) is 0 Å². The number of carbonyl (C=O) groups is 1. The van der Waals surface area contributed by atoms with Crippen LogP contribution in [-0.2, 0) is 23.0 Å². The molecule has 10 heteroatoms. The molecule has 0 spiro atoms. The van der Waals surface area contributed by atoms with Crippen molar-refractivity contribution in [3.05, 3.63) is 40.8 Å². The Balaban J connectivity index is 1.69. The summed E-state index contributed by atoms with van der Waals surface area (Å²) in [5, 5.41) is 7.47. The largest absolute Gasteiger partial charge is 0.385 e. The van der Waals surface area contributed by atoms with Crippen LogP contribution < -0.4 is 11.1 Å². The van der Waals surface area contributed by atoms with Crippen molar-refractivity contribution in [1.82, 2.24) is 14.1 Å². The molecule has 1 unspecified atom stereocenters. The Bertz CT molecular complexity index is 1030. The van der Waals surface area contributed by atoms with Crippen molar-refractivity contribution in [3.63, 3.8) is 0 Å². The van der Waals surface area contributed by atoms with Crippen LogP contribution in [0.4, 0.5) is 15.9 Å². The molecule has 3 N–H and O–H groups in total. The Morgan fingerprint density at radius 2 is 2.19 bits per heavy atom. The van der Waals surface area contributed by atoms with Gasteiger partial charge in [0.1, 0.15) is 11.6 Å². The van der Waals surface area contributed by atoms with Crippen LogP contribution in [0.25, 0.3) is 0 Å². The van der Waals surface area contributed by atoms with Gasteiger partial charge in [-0.05, 0) is 36.6 Å². The first-order chi connectivity index (χ1) is 12.8. The van der Waals surface area contributed by atoms with Crippen LogP contribution in [0.5, 0.6) is 0 Å². The number of nitrogen functional groups attached to an aromatic ring is 1. The first-order valence-corrected chi connectivity index (χ1v) is 10.5. The van der Waals surface area contributed by atoms with Crippen molar-refractivity contribution in [1.29, 1.82) is 0 Å². The number of anilines is 2. The lowest BCUT2D eigenvalue weighted by molar-refractivity contribution is 0.0859. The van der Waals surface area contributed by atoms with Gasteiger partial charge in [-0.3, -0.25) is 4.79 Å². The quantitative estimate of drug-likeness (QED) is 0.792. The summed E-state index contributed by atoms with van der Waals surface area (Å²) in [5.41, 5.74) is 8.66. The van der Waals surface area contributed by atoms with Crippen LogP contribution in [0.1, 0.15) is 34.0 Å². The Hall–Kier alpha value is -2.46. The van der Waals surface area contributed by atoms with Crippen molar-refractivity contribution in [2.75, 3.05) is 30.4 Å². The fourth-order valence-corrected chi connectivity index (χ4v) is 4.52. The number of halogens is 1. The molecule has 1 atom stereocenters. The normalized spacial score (nSPS) is 19.9. The maximum atomic E-state index is 13.7. The highest BCUT2D eigenvalue weighted by Crippen LogP contribution is 2.35. The van der Waals surface area contributed by atoms with Gasteiger partial charge in [-0.15, -0.1) is 0 Å². The molecule has 2 aliphatic heterocycles. The molecule has 1 aromatic carbocycles. The maximum Gasteiger partial charge on any atom is 0.256 e. The van der Waals surface area contributed by atoms with E-state index in [9.17, 15) is 17.6 Å². The summed E-state index contributed by atoms with van der Waals surface area (Å²) in [4.78, 5) is 13.1. The molecule has 0 amide bonds. The number of benzene rings is 1. The number of nitrogens with one attached hydrogen (secondary N) is 1. The zero-order valence-corrected chi connectivity index (χ0v) is 15.6. The molecular formula is C17H20FN5O3S. The Labute approximate surface area is 156 Å². The van der Waals surface area contributed by atoms with Crippen molar-refractivity contribution in [2.24, 2.45) is 0 Å². The Morgan fingerprint density at radius 3 is 2.93 bits per heavy atom. The number of hydrogen-bond acceptors (Lipinski definition) is 6. The molecule has 0 saturated heterocycles. The van der Waals surface area contributed by atoms with Gasteiger partial charge in [0.05, 0.1) is 24.4 Å². The van der Waals surface area contributed by atoms with Crippen molar-refractivity contribution in [2.45, 2.75) is 25.3 Å². The van der Waals surface area contributed by atoms with Gasteiger partial charge in [0.2, 0.25) is 10.0 Å². The van der Waals surface area contributed by atoms with Gasteiger partial charge in [-0.2, -0.15) is 14.1 Å². The first kappa shape index (κ1) is 17.9. The van der Waals surface area contributed by atoms with Gasteiger partial charge in [0.25, 0.3) is 5.91 Å². The molecule has 27 heavy (non-hydrogen) atoms. The van der Waals surface area contributed by atoms with E-state index >= 15 is 0 Å². The average Bonchev–Trinajstić information content (AvgIpc) is 2.96. The minimum Gasteiger partial charge on any atom is -0.385 e. The Kier molecular flexibility index (Phi) is 4.19. The predicted molar refractivity (Wildman–Crippen MR) is 98.5 cm³/mol. The predicted octanol–water partition coefficient (Wildman–Crippen LogP) is 1.16. The Morgan fingerprint density at radius 1 is 1.41 bits per heavy atom. The first-order valence-electron chi connectivity index (χ1n) is 8.64. The minimum atomic E-state index is -3.35. The molecule has 0 aliphatic carbocycles. The number of aromatic nitrogens is 2. The monoisotopic (exact) mass is 393 g/mol. The standard InChI is InChI=1S/C17H20FN5O3S/c1-27(25,26)22-7-5-12-15(9-22)21-23(16(12)19)17(24)11-4-6-20-14-3-2-10(18)8-13(11)14/h2-3,8,11,20H,4-7,9,19H2,1H3. The third-order valence-electron chi connectivity index (χ3n) is 5.16.